The fourth-order valence-corrected chi connectivity index (χ4v) is 3.78. The lowest BCUT2D eigenvalue weighted by Crippen LogP contribution is -2.08. The highest BCUT2D eigenvalue weighted by molar-refractivity contribution is 14.1. The minimum absolute atomic E-state index is 0.0157. The normalized spacial score (nSPS) is 11.2. The first-order chi connectivity index (χ1) is 13.3. The van der Waals surface area contributed by atoms with Crippen molar-refractivity contribution < 1.29 is 28.2 Å². The van der Waals surface area contributed by atoms with Gasteiger partial charge in [-0.05, 0) is 46.4 Å². The molecule has 0 saturated heterocycles. The van der Waals surface area contributed by atoms with E-state index in [1.54, 1.807) is 28.7 Å². The smallest absolute Gasteiger partial charge is 0.336 e. The molecule has 28 heavy (non-hydrogen) atoms. The van der Waals surface area contributed by atoms with E-state index >= 15 is 0 Å². The Morgan fingerprint density at radius 3 is 2.46 bits per heavy atom. The first-order valence-electron chi connectivity index (χ1n) is 7.89. The molecule has 1 aliphatic heterocycles. The fraction of sp³-hybridized carbons (Fsp3) is 0. The SMILES string of the molecule is O=C(O)c1ccccc1-c1c2cc(F)c(=O)cc-2oc2c(I)c(O)c(F)cc12. The van der Waals surface area contributed by atoms with E-state index < -0.39 is 28.8 Å². The Bertz CT molecular complexity index is 1310. The molecule has 1 heterocycles. The zero-order valence-electron chi connectivity index (χ0n) is 13.8. The van der Waals surface area contributed by atoms with Gasteiger partial charge in [-0.2, -0.15) is 0 Å². The van der Waals surface area contributed by atoms with Gasteiger partial charge in [-0.3, -0.25) is 4.79 Å². The molecule has 1 aliphatic carbocycles. The van der Waals surface area contributed by atoms with Crippen LogP contribution in [0.1, 0.15) is 10.4 Å². The van der Waals surface area contributed by atoms with E-state index in [2.05, 4.69) is 0 Å². The monoisotopic (exact) mass is 494 g/mol. The average molecular weight is 494 g/mol. The third-order valence-corrected chi connectivity index (χ3v) is 5.36. The molecule has 2 N–H and O–H groups in total. The van der Waals surface area contributed by atoms with Gasteiger partial charge in [0.2, 0.25) is 5.43 Å². The fourth-order valence-electron chi connectivity index (χ4n) is 3.12. The van der Waals surface area contributed by atoms with E-state index in [1.807, 2.05) is 0 Å². The van der Waals surface area contributed by atoms with Crippen LogP contribution in [-0.4, -0.2) is 16.2 Å². The van der Waals surface area contributed by atoms with Crippen LogP contribution < -0.4 is 5.43 Å². The van der Waals surface area contributed by atoms with E-state index in [0.717, 1.165) is 18.2 Å². The summed E-state index contributed by atoms with van der Waals surface area (Å²) in [5.41, 5.74) is -0.460. The summed E-state index contributed by atoms with van der Waals surface area (Å²) in [6.07, 6.45) is 0. The largest absolute Gasteiger partial charge is 0.504 e. The van der Waals surface area contributed by atoms with E-state index in [0.29, 0.717) is 0 Å². The number of phenols is 1. The van der Waals surface area contributed by atoms with Crippen LogP contribution >= 0.6 is 22.6 Å². The van der Waals surface area contributed by atoms with Gasteiger partial charge in [0.15, 0.2) is 23.0 Å². The molecule has 8 heteroatoms. The van der Waals surface area contributed by atoms with Crippen molar-refractivity contribution >= 4 is 39.5 Å². The highest BCUT2D eigenvalue weighted by Gasteiger charge is 2.25. The summed E-state index contributed by atoms with van der Waals surface area (Å²) >= 11 is 1.68. The van der Waals surface area contributed by atoms with E-state index in [1.165, 1.54) is 18.2 Å². The molecule has 0 unspecified atom stereocenters. The van der Waals surface area contributed by atoms with Crippen LogP contribution in [0.3, 0.4) is 0 Å². The van der Waals surface area contributed by atoms with E-state index in [9.17, 15) is 28.6 Å². The summed E-state index contributed by atoms with van der Waals surface area (Å²) in [4.78, 5) is 23.5. The predicted molar refractivity (Wildman–Crippen MR) is 106 cm³/mol. The molecule has 4 rings (SSSR count). The summed E-state index contributed by atoms with van der Waals surface area (Å²) < 4.78 is 34.0. The molecule has 0 saturated carbocycles. The minimum atomic E-state index is -1.23. The Hall–Kier alpha value is -3.01. The van der Waals surface area contributed by atoms with Crippen molar-refractivity contribution in [2.45, 2.75) is 0 Å². The number of carboxylic acid groups (broad SMARTS) is 1. The first-order valence-corrected chi connectivity index (χ1v) is 8.97. The van der Waals surface area contributed by atoms with Gasteiger partial charge in [-0.1, -0.05) is 18.2 Å². The Morgan fingerprint density at radius 2 is 1.75 bits per heavy atom. The Labute approximate surface area is 169 Å². The maximum absolute atomic E-state index is 14.3. The Morgan fingerprint density at radius 1 is 1.04 bits per heavy atom. The molecule has 0 aromatic heterocycles. The third-order valence-electron chi connectivity index (χ3n) is 4.36. The van der Waals surface area contributed by atoms with Gasteiger partial charge in [-0.15, -0.1) is 0 Å². The molecule has 0 bridgehead atoms. The van der Waals surface area contributed by atoms with E-state index in [4.69, 9.17) is 4.42 Å². The molecule has 0 atom stereocenters. The average Bonchev–Trinajstić information content (AvgIpc) is 2.66. The molecule has 5 nitrogen and oxygen atoms in total. The van der Waals surface area contributed by atoms with Crippen LogP contribution in [0, 0.1) is 15.2 Å². The lowest BCUT2D eigenvalue weighted by Gasteiger charge is -2.17. The number of aromatic carboxylic acids is 1. The van der Waals surface area contributed by atoms with Gasteiger partial charge in [0.25, 0.3) is 0 Å². The van der Waals surface area contributed by atoms with Crippen molar-refractivity contribution in [2.75, 3.05) is 0 Å². The molecule has 0 amide bonds. The molecule has 2 aliphatic rings. The molecule has 0 spiro atoms. The van der Waals surface area contributed by atoms with Gasteiger partial charge in [-0.25, -0.2) is 13.6 Å². The van der Waals surface area contributed by atoms with Crippen LogP contribution in [0.2, 0.25) is 0 Å². The maximum atomic E-state index is 14.3. The highest BCUT2D eigenvalue weighted by Crippen LogP contribution is 2.44. The van der Waals surface area contributed by atoms with Gasteiger partial charge in [0, 0.05) is 22.6 Å². The first kappa shape index (κ1) is 18.4. The predicted octanol–water partition coefficient (Wildman–Crippen LogP) is 4.85. The van der Waals surface area contributed by atoms with Gasteiger partial charge >= 0.3 is 5.97 Å². The van der Waals surface area contributed by atoms with Crippen molar-refractivity contribution in [3.8, 4) is 28.2 Å². The zero-order valence-corrected chi connectivity index (χ0v) is 16.0. The van der Waals surface area contributed by atoms with Crippen LogP contribution in [0.5, 0.6) is 5.75 Å². The quantitative estimate of drug-likeness (QED) is 0.308. The highest BCUT2D eigenvalue weighted by atomic mass is 127. The summed E-state index contributed by atoms with van der Waals surface area (Å²) in [6, 6.07) is 8.84. The Kier molecular flexibility index (Phi) is 4.30. The number of hydrogen-bond acceptors (Lipinski definition) is 4. The van der Waals surface area contributed by atoms with Crippen molar-refractivity contribution in [2.24, 2.45) is 0 Å². The van der Waals surface area contributed by atoms with Gasteiger partial charge in [0.05, 0.1) is 5.56 Å². The number of fused-ring (bicyclic) bond motifs is 2. The second-order valence-electron chi connectivity index (χ2n) is 6.00. The number of carbonyl (C=O) groups is 1. The topological polar surface area (TPSA) is 87.7 Å². The number of halogens is 3. The van der Waals surface area contributed by atoms with Crippen LogP contribution in [0.25, 0.3) is 33.4 Å². The lowest BCUT2D eigenvalue weighted by molar-refractivity contribution is 0.0697. The standard InChI is InChI=1S/C20H9F2IO5/c21-12-5-10-15(7-14(12)24)28-19-11(6-13(22)18(25)17(19)23)16(10)8-3-1-2-4-9(8)20(26)27/h1-7,25H,(H,26,27). The lowest BCUT2D eigenvalue weighted by atomic mass is 9.90. The molecule has 0 radical (unpaired) electrons. The van der Waals surface area contributed by atoms with Gasteiger partial charge < -0.3 is 14.6 Å². The number of benzene rings is 3. The Balaban J connectivity index is 2.31. The summed E-state index contributed by atoms with van der Waals surface area (Å²) in [6.45, 7) is 0. The van der Waals surface area contributed by atoms with Crippen LogP contribution in [-0.2, 0) is 0 Å². The molecular weight excluding hydrogens is 485 g/mol. The second-order valence-corrected chi connectivity index (χ2v) is 7.08. The summed E-state index contributed by atoms with van der Waals surface area (Å²) in [5, 5.41) is 19.6. The number of rotatable bonds is 2. The number of carboxylic acids is 1. The van der Waals surface area contributed by atoms with Crippen molar-refractivity contribution in [1.82, 2.24) is 0 Å². The van der Waals surface area contributed by atoms with Crippen molar-refractivity contribution in [1.29, 1.82) is 0 Å². The molecular formula is C20H9F2IO5. The second kappa shape index (κ2) is 6.55. The molecule has 2 aromatic carbocycles. The number of hydrogen-bond donors (Lipinski definition) is 2. The molecule has 0 fully saturated rings. The van der Waals surface area contributed by atoms with Crippen molar-refractivity contribution in [3.05, 3.63) is 73.5 Å². The van der Waals surface area contributed by atoms with E-state index in [-0.39, 0.29) is 42.6 Å². The summed E-state index contributed by atoms with van der Waals surface area (Å²) in [7, 11) is 0. The third kappa shape index (κ3) is 2.71. The molecule has 2 aromatic rings. The zero-order chi connectivity index (χ0) is 20.2. The van der Waals surface area contributed by atoms with Crippen LogP contribution in [0.15, 0.2) is 51.7 Å². The number of aromatic hydroxyl groups is 1. The minimum Gasteiger partial charge on any atom is -0.504 e. The molecule has 140 valence electrons. The van der Waals surface area contributed by atoms with Crippen LogP contribution in [0.4, 0.5) is 8.78 Å². The van der Waals surface area contributed by atoms with Gasteiger partial charge in [0.1, 0.15) is 9.33 Å². The number of phenolic OH excluding ortho intramolecular Hbond substituents is 1. The van der Waals surface area contributed by atoms with Crippen molar-refractivity contribution in [3.63, 3.8) is 0 Å². The summed E-state index contributed by atoms with van der Waals surface area (Å²) in [5.74, 6) is -3.88. The maximum Gasteiger partial charge on any atom is 0.336 e.